The first-order valence-corrected chi connectivity index (χ1v) is 8.41. The number of anilines is 2. The number of aryl methyl sites for hydroxylation is 1. The van der Waals surface area contributed by atoms with E-state index in [4.69, 9.17) is 0 Å². The van der Waals surface area contributed by atoms with Crippen LogP contribution in [-0.4, -0.2) is 21.9 Å². The van der Waals surface area contributed by atoms with E-state index < -0.39 is 0 Å². The van der Waals surface area contributed by atoms with Crippen LogP contribution in [0.25, 0.3) is 0 Å². The van der Waals surface area contributed by atoms with Crippen LogP contribution in [0.4, 0.5) is 11.6 Å². The van der Waals surface area contributed by atoms with E-state index in [9.17, 15) is 4.79 Å². The Morgan fingerprint density at radius 2 is 1.83 bits per heavy atom. The lowest BCUT2D eigenvalue weighted by Crippen LogP contribution is -2.18. The van der Waals surface area contributed by atoms with E-state index in [1.54, 1.807) is 12.4 Å². The Balaban J connectivity index is 2.16. The van der Waals surface area contributed by atoms with E-state index in [-0.39, 0.29) is 5.91 Å². The summed E-state index contributed by atoms with van der Waals surface area (Å²) in [4.78, 5) is 21.0. The van der Waals surface area contributed by atoms with Crippen molar-refractivity contribution in [2.75, 3.05) is 10.6 Å². The molecule has 0 fully saturated rings. The molecule has 0 spiro atoms. The second-order valence-corrected chi connectivity index (χ2v) is 6.40. The van der Waals surface area contributed by atoms with Gasteiger partial charge in [0, 0.05) is 24.1 Å². The third-order valence-corrected chi connectivity index (χ3v) is 4.07. The van der Waals surface area contributed by atoms with E-state index in [0.29, 0.717) is 23.5 Å². The van der Waals surface area contributed by atoms with Crippen LogP contribution in [0.2, 0.25) is 0 Å². The first kappa shape index (κ1) is 17.9. The van der Waals surface area contributed by atoms with E-state index >= 15 is 0 Å². The monoisotopic (exact) mass is 326 g/mol. The van der Waals surface area contributed by atoms with Crippen molar-refractivity contribution in [3.05, 3.63) is 47.3 Å². The van der Waals surface area contributed by atoms with Gasteiger partial charge in [0.2, 0.25) is 5.95 Å². The smallest absolute Gasteiger partial charge is 0.258 e. The molecule has 0 saturated carbocycles. The van der Waals surface area contributed by atoms with Crippen molar-refractivity contribution in [1.82, 2.24) is 9.97 Å². The number of hydrogen-bond acceptors (Lipinski definition) is 4. The molecule has 5 nitrogen and oxygen atoms in total. The molecule has 1 aromatic carbocycles. The summed E-state index contributed by atoms with van der Waals surface area (Å²) in [5, 5.41) is 6.20. The fourth-order valence-corrected chi connectivity index (χ4v) is 2.37. The number of rotatable bonds is 6. The normalized spacial score (nSPS) is 12.1. The highest BCUT2D eigenvalue weighted by Crippen LogP contribution is 2.27. The van der Waals surface area contributed by atoms with Gasteiger partial charge in [0.1, 0.15) is 0 Å². The Labute approximate surface area is 143 Å². The number of benzene rings is 1. The van der Waals surface area contributed by atoms with E-state index in [2.05, 4.69) is 48.3 Å². The number of hydrogen-bond donors (Lipinski definition) is 2. The lowest BCUT2D eigenvalue weighted by atomic mass is 9.98. The molecular formula is C19H26N4O. The maximum absolute atomic E-state index is 12.5. The van der Waals surface area contributed by atoms with Crippen LogP contribution in [0, 0.1) is 6.92 Å². The van der Waals surface area contributed by atoms with E-state index in [1.165, 1.54) is 0 Å². The lowest BCUT2D eigenvalue weighted by molar-refractivity contribution is 0.102. The highest BCUT2D eigenvalue weighted by Gasteiger charge is 2.14. The van der Waals surface area contributed by atoms with Crippen molar-refractivity contribution >= 4 is 17.5 Å². The minimum Gasteiger partial charge on any atom is -0.352 e. The predicted octanol–water partition coefficient (Wildman–Crippen LogP) is 4.37. The van der Waals surface area contributed by atoms with Gasteiger partial charge in [0.05, 0.1) is 5.56 Å². The first-order valence-electron chi connectivity index (χ1n) is 8.41. The van der Waals surface area contributed by atoms with Crippen LogP contribution in [0.15, 0.2) is 30.6 Å². The third-order valence-electron chi connectivity index (χ3n) is 4.07. The van der Waals surface area contributed by atoms with Gasteiger partial charge in [0.25, 0.3) is 5.91 Å². The highest BCUT2D eigenvalue weighted by molar-refractivity contribution is 6.04. The Kier molecular flexibility index (Phi) is 5.90. The number of aromatic nitrogens is 2. The summed E-state index contributed by atoms with van der Waals surface area (Å²) < 4.78 is 0. The second-order valence-electron chi connectivity index (χ2n) is 6.40. The number of nitrogens with zero attached hydrogens (tertiary/aromatic N) is 2. The molecule has 1 aromatic heterocycles. The van der Waals surface area contributed by atoms with Crippen LogP contribution in [0.5, 0.6) is 0 Å². The zero-order valence-corrected chi connectivity index (χ0v) is 15.1. The van der Waals surface area contributed by atoms with Gasteiger partial charge in [-0.3, -0.25) is 4.79 Å². The van der Waals surface area contributed by atoms with Crippen molar-refractivity contribution in [3.63, 3.8) is 0 Å². The Morgan fingerprint density at radius 3 is 2.42 bits per heavy atom. The van der Waals surface area contributed by atoms with Gasteiger partial charge in [-0.15, -0.1) is 0 Å². The van der Waals surface area contributed by atoms with Gasteiger partial charge < -0.3 is 10.6 Å². The van der Waals surface area contributed by atoms with Crippen LogP contribution >= 0.6 is 0 Å². The minimum atomic E-state index is -0.193. The van der Waals surface area contributed by atoms with Gasteiger partial charge in [0.15, 0.2) is 0 Å². The lowest BCUT2D eigenvalue weighted by Gasteiger charge is -2.16. The topological polar surface area (TPSA) is 66.9 Å². The average molecular weight is 326 g/mol. The quantitative estimate of drug-likeness (QED) is 0.827. The summed E-state index contributed by atoms with van der Waals surface area (Å²) in [5.74, 6) is 0.680. The molecule has 0 aliphatic heterocycles. The summed E-state index contributed by atoms with van der Waals surface area (Å²) >= 11 is 0. The zero-order valence-electron chi connectivity index (χ0n) is 15.1. The maximum atomic E-state index is 12.5. The van der Waals surface area contributed by atoms with E-state index in [1.807, 2.05) is 25.1 Å². The molecule has 0 aliphatic carbocycles. The largest absolute Gasteiger partial charge is 0.352 e. The number of carbonyl (C=O) groups excluding carboxylic acids is 1. The summed E-state index contributed by atoms with van der Waals surface area (Å²) in [7, 11) is 0. The standard InChI is InChI=1S/C19H26N4O/c1-6-14(5)22-19-20-10-15(11-21-19)18(24)23-17-13(4)8-7-9-16(17)12(2)3/h7-12,14H,6H2,1-5H3,(H,23,24)(H,20,21,22). The molecule has 5 heteroatoms. The maximum Gasteiger partial charge on any atom is 0.258 e. The van der Waals surface area contributed by atoms with Crippen LogP contribution in [0.3, 0.4) is 0 Å². The number of nitrogens with one attached hydrogen (secondary N) is 2. The van der Waals surface area contributed by atoms with Crippen molar-refractivity contribution in [2.45, 2.75) is 53.0 Å². The summed E-state index contributed by atoms with van der Waals surface area (Å²) in [5.41, 5.74) is 3.49. The molecule has 2 rings (SSSR count). The fourth-order valence-electron chi connectivity index (χ4n) is 2.37. The molecule has 1 atom stereocenters. The molecule has 128 valence electrons. The van der Waals surface area contributed by atoms with Crippen LogP contribution in [0.1, 0.15) is 61.5 Å². The van der Waals surface area contributed by atoms with Crippen LogP contribution in [-0.2, 0) is 0 Å². The average Bonchev–Trinajstić information content (AvgIpc) is 2.56. The molecule has 1 amide bonds. The molecule has 1 unspecified atom stereocenters. The van der Waals surface area contributed by atoms with Crippen molar-refractivity contribution < 1.29 is 4.79 Å². The molecule has 24 heavy (non-hydrogen) atoms. The molecule has 0 saturated heterocycles. The summed E-state index contributed by atoms with van der Waals surface area (Å²) in [6, 6.07) is 6.35. The SMILES string of the molecule is CCC(C)Nc1ncc(C(=O)Nc2c(C)cccc2C(C)C)cn1. The minimum absolute atomic E-state index is 0.193. The molecule has 2 N–H and O–H groups in total. The van der Waals surface area contributed by atoms with Crippen molar-refractivity contribution in [1.29, 1.82) is 0 Å². The van der Waals surface area contributed by atoms with Gasteiger partial charge in [-0.05, 0) is 37.3 Å². The molecule has 0 bridgehead atoms. The van der Waals surface area contributed by atoms with Gasteiger partial charge in [-0.1, -0.05) is 39.0 Å². The molecule has 2 aromatic rings. The number of para-hydroxylation sites is 1. The van der Waals surface area contributed by atoms with Crippen LogP contribution < -0.4 is 10.6 Å². The summed E-state index contributed by atoms with van der Waals surface area (Å²) in [6.45, 7) is 10.4. The van der Waals surface area contributed by atoms with Crippen molar-refractivity contribution in [2.24, 2.45) is 0 Å². The summed E-state index contributed by atoms with van der Waals surface area (Å²) in [6.07, 6.45) is 4.09. The molecular weight excluding hydrogens is 300 g/mol. The Morgan fingerprint density at radius 1 is 1.17 bits per heavy atom. The Bertz CT molecular complexity index is 695. The predicted molar refractivity (Wildman–Crippen MR) is 98.6 cm³/mol. The van der Waals surface area contributed by atoms with Crippen molar-refractivity contribution in [3.8, 4) is 0 Å². The van der Waals surface area contributed by atoms with Gasteiger partial charge in [-0.2, -0.15) is 0 Å². The number of carbonyl (C=O) groups is 1. The van der Waals surface area contributed by atoms with E-state index in [0.717, 1.165) is 23.2 Å². The third kappa shape index (κ3) is 4.31. The molecule has 1 heterocycles. The fraction of sp³-hybridized carbons (Fsp3) is 0.421. The van der Waals surface area contributed by atoms with Gasteiger partial charge >= 0.3 is 0 Å². The zero-order chi connectivity index (χ0) is 17.7. The Hall–Kier alpha value is -2.43. The number of amides is 1. The molecule has 0 radical (unpaired) electrons. The highest BCUT2D eigenvalue weighted by atomic mass is 16.1. The first-order chi connectivity index (χ1) is 11.4. The van der Waals surface area contributed by atoms with Gasteiger partial charge in [-0.25, -0.2) is 9.97 Å². The second kappa shape index (κ2) is 7.90. The molecule has 0 aliphatic rings.